The average Bonchev–Trinajstić information content (AvgIpc) is 3.22. The summed E-state index contributed by atoms with van der Waals surface area (Å²) in [5.41, 5.74) is 3.19. The summed E-state index contributed by atoms with van der Waals surface area (Å²) < 4.78 is 29.7. The SMILES string of the molecule is O=[SH](=O)NCc1cccc(C2CCN(Cc3nnc(-c4ccccc4)o3)CC2)c1. The molecule has 1 aromatic heterocycles. The Morgan fingerprint density at radius 1 is 1.03 bits per heavy atom. The number of rotatable bonds is 7. The summed E-state index contributed by atoms with van der Waals surface area (Å²) in [5, 5.41) is 8.36. The third kappa shape index (κ3) is 5.29. The molecule has 29 heavy (non-hydrogen) atoms. The van der Waals surface area contributed by atoms with Crippen LogP contribution in [0.15, 0.2) is 59.0 Å². The molecule has 0 spiro atoms. The third-order valence-electron chi connectivity index (χ3n) is 5.27. The molecule has 152 valence electrons. The lowest BCUT2D eigenvalue weighted by molar-refractivity contribution is 0.188. The smallest absolute Gasteiger partial charge is 0.247 e. The zero-order valence-corrected chi connectivity index (χ0v) is 16.9. The number of piperidine rings is 1. The van der Waals surface area contributed by atoms with Gasteiger partial charge in [0, 0.05) is 12.1 Å². The van der Waals surface area contributed by atoms with E-state index in [0.29, 0.717) is 30.8 Å². The van der Waals surface area contributed by atoms with Gasteiger partial charge in [-0.3, -0.25) is 4.90 Å². The van der Waals surface area contributed by atoms with Crippen molar-refractivity contribution in [2.24, 2.45) is 0 Å². The molecule has 7 nitrogen and oxygen atoms in total. The number of aromatic nitrogens is 2. The van der Waals surface area contributed by atoms with Crippen LogP contribution in [0.5, 0.6) is 0 Å². The fourth-order valence-electron chi connectivity index (χ4n) is 3.74. The molecule has 0 aliphatic carbocycles. The minimum Gasteiger partial charge on any atom is -0.419 e. The molecule has 0 saturated carbocycles. The molecule has 1 aliphatic heterocycles. The van der Waals surface area contributed by atoms with Crippen LogP contribution in [-0.4, -0.2) is 36.6 Å². The van der Waals surface area contributed by atoms with Gasteiger partial charge in [-0.15, -0.1) is 10.2 Å². The van der Waals surface area contributed by atoms with E-state index in [1.54, 1.807) is 0 Å². The van der Waals surface area contributed by atoms with E-state index in [9.17, 15) is 8.42 Å². The summed E-state index contributed by atoms with van der Waals surface area (Å²) in [7, 11) is -2.57. The second kappa shape index (κ2) is 9.30. The van der Waals surface area contributed by atoms with Crippen LogP contribution in [0.2, 0.25) is 0 Å². The Balaban J connectivity index is 1.32. The van der Waals surface area contributed by atoms with Gasteiger partial charge in [0.15, 0.2) is 0 Å². The Morgan fingerprint density at radius 2 is 1.83 bits per heavy atom. The summed E-state index contributed by atoms with van der Waals surface area (Å²) in [4.78, 5) is 2.34. The predicted octanol–water partition coefficient (Wildman–Crippen LogP) is 2.73. The predicted molar refractivity (Wildman–Crippen MR) is 111 cm³/mol. The number of nitrogens with one attached hydrogen (secondary N) is 1. The van der Waals surface area contributed by atoms with Gasteiger partial charge in [0.25, 0.3) is 0 Å². The van der Waals surface area contributed by atoms with Crippen LogP contribution < -0.4 is 4.72 Å². The van der Waals surface area contributed by atoms with Gasteiger partial charge in [-0.2, -0.15) is 0 Å². The Morgan fingerprint density at radius 3 is 2.59 bits per heavy atom. The summed E-state index contributed by atoms with van der Waals surface area (Å²) in [6.45, 7) is 2.92. The second-order valence-electron chi connectivity index (χ2n) is 7.25. The molecule has 0 bridgehead atoms. The van der Waals surface area contributed by atoms with E-state index in [2.05, 4.69) is 32.0 Å². The van der Waals surface area contributed by atoms with E-state index in [1.165, 1.54) is 5.56 Å². The molecule has 1 saturated heterocycles. The minimum atomic E-state index is -2.57. The molecule has 1 fully saturated rings. The molecule has 3 aromatic rings. The number of benzene rings is 2. The van der Waals surface area contributed by atoms with E-state index >= 15 is 0 Å². The van der Waals surface area contributed by atoms with Crippen LogP contribution in [0.25, 0.3) is 11.5 Å². The summed E-state index contributed by atoms with van der Waals surface area (Å²) >= 11 is 0. The minimum absolute atomic E-state index is 0.340. The van der Waals surface area contributed by atoms with Gasteiger partial charge in [-0.25, -0.2) is 13.1 Å². The van der Waals surface area contributed by atoms with Gasteiger partial charge in [0.1, 0.15) is 0 Å². The molecule has 1 N–H and O–H groups in total. The fraction of sp³-hybridized carbons (Fsp3) is 0.333. The van der Waals surface area contributed by atoms with Crippen molar-refractivity contribution in [1.82, 2.24) is 19.8 Å². The molecule has 0 unspecified atom stereocenters. The lowest BCUT2D eigenvalue weighted by Crippen LogP contribution is -2.32. The summed E-state index contributed by atoms with van der Waals surface area (Å²) in [6.07, 6.45) is 2.10. The quantitative estimate of drug-likeness (QED) is 0.580. The summed E-state index contributed by atoms with van der Waals surface area (Å²) in [5.74, 6) is 1.68. The van der Waals surface area contributed by atoms with E-state index in [1.807, 2.05) is 42.5 Å². The normalized spacial score (nSPS) is 15.8. The highest BCUT2D eigenvalue weighted by molar-refractivity contribution is 7.70. The van der Waals surface area contributed by atoms with Gasteiger partial charge >= 0.3 is 0 Å². The van der Waals surface area contributed by atoms with Crippen LogP contribution in [0.3, 0.4) is 0 Å². The first-order valence-electron chi connectivity index (χ1n) is 9.74. The number of likely N-dealkylation sites (tertiary alicyclic amines) is 1. The largest absolute Gasteiger partial charge is 0.419 e. The topological polar surface area (TPSA) is 88.3 Å². The standard InChI is InChI=1S/C21H24N4O3S/c26-29(27)22-14-16-5-4-8-19(13-16)17-9-11-25(12-10-17)15-20-23-24-21(28-20)18-6-2-1-3-7-18/h1-8,13,17,29H,9-12,14-15H2,(H,22,26,27). The number of hydrogen-bond acceptors (Lipinski definition) is 6. The molecule has 1 aliphatic rings. The Labute approximate surface area is 171 Å². The molecule has 8 heteroatoms. The molecule has 2 aromatic carbocycles. The van der Waals surface area contributed by atoms with Crippen LogP contribution in [0.1, 0.15) is 35.8 Å². The zero-order chi connectivity index (χ0) is 20.1. The van der Waals surface area contributed by atoms with Gasteiger partial charge in [-0.05, 0) is 55.1 Å². The van der Waals surface area contributed by atoms with Gasteiger partial charge in [0.2, 0.25) is 22.7 Å². The van der Waals surface area contributed by atoms with E-state index in [4.69, 9.17) is 4.42 Å². The third-order valence-corrected chi connectivity index (χ3v) is 5.69. The van der Waals surface area contributed by atoms with Crippen molar-refractivity contribution >= 4 is 10.9 Å². The highest BCUT2D eigenvalue weighted by atomic mass is 32.2. The fourth-order valence-corrected chi connectivity index (χ4v) is 4.06. The molecule has 0 amide bonds. The lowest BCUT2D eigenvalue weighted by Gasteiger charge is -2.31. The van der Waals surface area contributed by atoms with Crippen LogP contribution in [0, 0.1) is 0 Å². The molecule has 4 rings (SSSR count). The van der Waals surface area contributed by atoms with Crippen molar-refractivity contribution in [3.8, 4) is 11.5 Å². The Kier molecular flexibility index (Phi) is 6.33. The highest BCUT2D eigenvalue weighted by Gasteiger charge is 2.22. The van der Waals surface area contributed by atoms with E-state index in [0.717, 1.165) is 37.1 Å². The maximum atomic E-state index is 10.7. The first kappa shape index (κ1) is 19.8. The van der Waals surface area contributed by atoms with E-state index in [-0.39, 0.29) is 0 Å². The second-order valence-corrected chi connectivity index (χ2v) is 8.08. The van der Waals surface area contributed by atoms with Gasteiger partial charge < -0.3 is 4.42 Å². The van der Waals surface area contributed by atoms with Crippen molar-refractivity contribution in [3.63, 3.8) is 0 Å². The van der Waals surface area contributed by atoms with E-state index < -0.39 is 10.9 Å². The highest BCUT2D eigenvalue weighted by Crippen LogP contribution is 2.29. The lowest BCUT2D eigenvalue weighted by atomic mass is 9.88. The average molecular weight is 413 g/mol. The molecule has 0 atom stereocenters. The van der Waals surface area contributed by atoms with Crippen molar-refractivity contribution < 1.29 is 12.8 Å². The first-order chi connectivity index (χ1) is 14.2. The zero-order valence-electron chi connectivity index (χ0n) is 16.0. The Bertz CT molecular complexity index is 1000. The summed E-state index contributed by atoms with van der Waals surface area (Å²) in [6, 6.07) is 18.0. The van der Waals surface area contributed by atoms with Crippen LogP contribution in [-0.2, 0) is 24.0 Å². The maximum absolute atomic E-state index is 10.7. The molecule has 0 radical (unpaired) electrons. The number of thiol groups is 1. The van der Waals surface area contributed by atoms with Gasteiger partial charge in [-0.1, -0.05) is 42.5 Å². The molecular weight excluding hydrogens is 388 g/mol. The first-order valence-corrected chi connectivity index (χ1v) is 10.9. The van der Waals surface area contributed by atoms with Crippen molar-refractivity contribution in [1.29, 1.82) is 0 Å². The number of nitrogens with zero attached hydrogens (tertiary/aromatic N) is 3. The van der Waals surface area contributed by atoms with Crippen molar-refractivity contribution in [2.75, 3.05) is 13.1 Å². The van der Waals surface area contributed by atoms with Gasteiger partial charge in [0.05, 0.1) is 6.54 Å². The van der Waals surface area contributed by atoms with Crippen molar-refractivity contribution in [2.45, 2.75) is 31.8 Å². The monoisotopic (exact) mass is 412 g/mol. The maximum Gasteiger partial charge on any atom is 0.247 e. The number of hydrogen-bond donors (Lipinski definition) is 2. The molecule has 2 heterocycles. The Hall–Kier alpha value is -2.55. The van der Waals surface area contributed by atoms with Crippen LogP contribution in [0.4, 0.5) is 0 Å². The molecular formula is C21H24N4O3S. The van der Waals surface area contributed by atoms with Crippen LogP contribution >= 0.6 is 0 Å². The van der Waals surface area contributed by atoms with Crippen molar-refractivity contribution in [3.05, 3.63) is 71.6 Å².